The van der Waals surface area contributed by atoms with E-state index in [4.69, 9.17) is 10.2 Å². The molecule has 0 saturated heterocycles. The van der Waals surface area contributed by atoms with Gasteiger partial charge in [-0.25, -0.2) is 9.59 Å². The third-order valence-corrected chi connectivity index (χ3v) is 2.86. The number of aliphatic carboxylic acids is 1. The van der Waals surface area contributed by atoms with Crippen LogP contribution in [0.2, 0.25) is 0 Å². The fraction of sp³-hybridized carbons (Fsp3) is 0.818. The van der Waals surface area contributed by atoms with Crippen molar-refractivity contribution in [1.82, 2.24) is 9.80 Å². The number of hydrogen-bond acceptors (Lipinski definition) is 3. The topological polar surface area (TPSA) is 81.1 Å². The van der Waals surface area contributed by atoms with Crippen molar-refractivity contribution in [2.24, 2.45) is 0 Å². The zero-order chi connectivity index (χ0) is 13.8. The molecule has 0 aromatic rings. The summed E-state index contributed by atoms with van der Waals surface area (Å²) < 4.78 is 0. The number of likely N-dealkylation sites (N-methyl/N-ethyl adjacent to an activating group) is 1. The van der Waals surface area contributed by atoms with Gasteiger partial charge in [-0.05, 0) is 27.7 Å². The second-order valence-corrected chi connectivity index (χ2v) is 4.72. The number of carboxylic acids is 1. The van der Waals surface area contributed by atoms with Crippen molar-refractivity contribution >= 4 is 12.0 Å². The van der Waals surface area contributed by atoms with Crippen LogP contribution in [0.15, 0.2) is 0 Å². The van der Waals surface area contributed by atoms with Crippen LogP contribution in [0.25, 0.3) is 0 Å². The van der Waals surface area contributed by atoms with Gasteiger partial charge in [0.2, 0.25) is 0 Å². The van der Waals surface area contributed by atoms with E-state index in [1.54, 1.807) is 0 Å². The predicted molar refractivity (Wildman–Crippen MR) is 63.8 cm³/mol. The maximum atomic E-state index is 12.1. The first kappa shape index (κ1) is 15.7. The fourth-order valence-corrected chi connectivity index (χ4v) is 1.26. The second-order valence-electron chi connectivity index (χ2n) is 4.72. The predicted octanol–water partition coefficient (Wildman–Crippen LogP) is 0.604. The molecule has 6 nitrogen and oxygen atoms in total. The minimum absolute atomic E-state index is 0.0957. The smallest absolute Gasteiger partial charge is 0.329 e. The van der Waals surface area contributed by atoms with Crippen LogP contribution in [-0.4, -0.2) is 63.8 Å². The molecule has 17 heavy (non-hydrogen) atoms. The monoisotopic (exact) mass is 246 g/mol. The highest BCUT2D eigenvalue weighted by molar-refractivity contribution is 5.85. The Kier molecular flexibility index (Phi) is 5.41. The number of nitrogens with zero attached hydrogens (tertiary/aromatic N) is 2. The number of carboxylic acid groups (broad SMARTS) is 1. The van der Waals surface area contributed by atoms with Gasteiger partial charge in [0.05, 0.1) is 6.61 Å². The van der Waals surface area contributed by atoms with Crippen molar-refractivity contribution in [3.8, 4) is 0 Å². The molecule has 100 valence electrons. The van der Waals surface area contributed by atoms with E-state index in [1.165, 1.54) is 30.7 Å². The molecule has 0 fully saturated rings. The van der Waals surface area contributed by atoms with Crippen LogP contribution in [0.1, 0.15) is 27.7 Å². The van der Waals surface area contributed by atoms with E-state index in [0.717, 1.165) is 0 Å². The van der Waals surface area contributed by atoms with Gasteiger partial charge < -0.3 is 20.0 Å². The lowest BCUT2D eigenvalue weighted by Gasteiger charge is -2.37. The first-order valence-corrected chi connectivity index (χ1v) is 5.55. The maximum absolute atomic E-state index is 12.1. The van der Waals surface area contributed by atoms with Crippen molar-refractivity contribution in [2.75, 3.05) is 20.2 Å². The van der Waals surface area contributed by atoms with Crippen LogP contribution >= 0.6 is 0 Å². The molecular weight excluding hydrogens is 224 g/mol. The molecular formula is C11H22N2O4. The number of hydrogen-bond donors (Lipinski definition) is 2. The van der Waals surface area contributed by atoms with E-state index in [2.05, 4.69) is 0 Å². The summed E-state index contributed by atoms with van der Waals surface area (Å²) >= 11 is 0. The van der Waals surface area contributed by atoms with Gasteiger partial charge in [-0.3, -0.25) is 0 Å². The molecule has 0 atom stereocenters. The van der Waals surface area contributed by atoms with Crippen LogP contribution in [0, 0.1) is 0 Å². The highest BCUT2D eigenvalue weighted by Crippen LogP contribution is 2.16. The lowest BCUT2D eigenvalue weighted by molar-refractivity contribution is -0.147. The van der Waals surface area contributed by atoms with E-state index >= 15 is 0 Å². The molecule has 0 aromatic carbocycles. The fourth-order valence-electron chi connectivity index (χ4n) is 1.26. The van der Waals surface area contributed by atoms with Crippen molar-refractivity contribution in [3.63, 3.8) is 0 Å². The first-order chi connectivity index (χ1) is 7.66. The molecule has 6 heteroatoms. The number of aliphatic hydroxyl groups is 1. The Morgan fingerprint density at radius 1 is 1.29 bits per heavy atom. The molecule has 0 aliphatic rings. The Bertz CT molecular complexity index is 289. The number of urea groups is 1. The summed E-state index contributed by atoms with van der Waals surface area (Å²) in [6.45, 7) is 6.60. The molecule has 0 radical (unpaired) electrons. The largest absolute Gasteiger partial charge is 0.480 e. The number of amides is 2. The van der Waals surface area contributed by atoms with Crippen LogP contribution in [-0.2, 0) is 4.79 Å². The molecule has 0 aliphatic carbocycles. The third kappa shape index (κ3) is 3.59. The molecule has 2 N–H and O–H groups in total. The SMILES string of the molecule is CC(C)N(CCO)C(=O)N(C)C(C)(C)C(=O)O. The number of rotatable bonds is 5. The van der Waals surface area contributed by atoms with Gasteiger partial charge in [-0.2, -0.15) is 0 Å². The molecule has 0 spiro atoms. The van der Waals surface area contributed by atoms with Crippen LogP contribution in [0.4, 0.5) is 4.79 Å². The Morgan fingerprint density at radius 3 is 2.06 bits per heavy atom. The lowest BCUT2D eigenvalue weighted by atomic mass is 10.0. The Hall–Kier alpha value is -1.30. The summed E-state index contributed by atoms with van der Waals surface area (Å²) in [6.07, 6.45) is 0. The van der Waals surface area contributed by atoms with Gasteiger partial charge in [0.25, 0.3) is 0 Å². The Balaban J connectivity index is 4.95. The normalized spacial score (nSPS) is 11.5. The summed E-state index contributed by atoms with van der Waals surface area (Å²) in [7, 11) is 1.45. The second kappa shape index (κ2) is 5.86. The summed E-state index contributed by atoms with van der Waals surface area (Å²) in [6, 6.07) is -0.497. The standard InChI is InChI=1S/C11H22N2O4/c1-8(2)13(6-7-14)10(17)12(5)11(3,4)9(15)16/h8,14H,6-7H2,1-5H3,(H,15,16). The van der Waals surface area contributed by atoms with Gasteiger partial charge in [0, 0.05) is 19.6 Å². The van der Waals surface area contributed by atoms with Gasteiger partial charge >= 0.3 is 12.0 Å². The molecule has 0 saturated carbocycles. The summed E-state index contributed by atoms with van der Waals surface area (Å²) in [5.41, 5.74) is -1.28. The molecule has 0 rings (SSSR count). The molecule has 2 amide bonds. The van der Waals surface area contributed by atoms with Crippen molar-refractivity contribution in [1.29, 1.82) is 0 Å². The minimum Gasteiger partial charge on any atom is -0.480 e. The average molecular weight is 246 g/mol. The van der Waals surface area contributed by atoms with E-state index in [-0.39, 0.29) is 19.2 Å². The molecule has 0 aliphatic heterocycles. The van der Waals surface area contributed by atoms with Gasteiger partial charge in [0.1, 0.15) is 5.54 Å². The van der Waals surface area contributed by atoms with Crippen LogP contribution in [0.5, 0.6) is 0 Å². The summed E-state index contributed by atoms with van der Waals surface area (Å²) in [5.74, 6) is -1.07. The first-order valence-electron chi connectivity index (χ1n) is 5.55. The molecule has 0 bridgehead atoms. The number of aliphatic hydroxyl groups excluding tert-OH is 1. The van der Waals surface area contributed by atoms with Crippen LogP contribution < -0.4 is 0 Å². The molecule has 0 unspecified atom stereocenters. The van der Waals surface area contributed by atoms with E-state index in [1.807, 2.05) is 13.8 Å². The maximum Gasteiger partial charge on any atom is 0.329 e. The Morgan fingerprint density at radius 2 is 1.76 bits per heavy atom. The molecule has 0 heterocycles. The minimum atomic E-state index is -1.28. The zero-order valence-electron chi connectivity index (χ0n) is 11.1. The van der Waals surface area contributed by atoms with Gasteiger partial charge in [-0.15, -0.1) is 0 Å². The highest BCUT2D eigenvalue weighted by Gasteiger charge is 2.37. The van der Waals surface area contributed by atoms with Crippen molar-refractivity contribution in [3.05, 3.63) is 0 Å². The van der Waals surface area contributed by atoms with E-state index in [9.17, 15) is 9.59 Å². The number of carbonyl (C=O) groups is 2. The number of carbonyl (C=O) groups excluding carboxylic acids is 1. The highest BCUT2D eigenvalue weighted by atomic mass is 16.4. The summed E-state index contributed by atoms with van der Waals surface area (Å²) in [4.78, 5) is 25.8. The van der Waals surface area contributed by atoms with Gasteiger partial charge in [0.15, 0.2) is 0 Å². The quantitative estimate of drug-likeness (QED) is 0.744. The lowest BCUT2D eigenvalue weighted by Crippen LogP contribution is -2.56. The Labute approximate surface area is 102 Å². The summed E-state index contributed by atoms with van der Waals surface area (Å²) in [5, 5.41) is 17.9. The van der Waals surface area contributed by atoms with Crippen LogP contribution in [0.3, 0.4) is 0 Å². The van der Waals surface area contributed by atoms with Crippen molar-refractivity contribution in [2.45, 2.75) is 39.3 Å². The molecule has 0 aromatic heterocycles. The third-order valence-electron chi connectivity index (χ3n) is 2.86. The van der Waals surface area contributed by atoms with Gasteiger partial charge in [-0.1, -0.05) is 0 Å². The zero-order valence-corrected chi connectivity index (χ0v) is 11.1. The van der Waals surface area contributed by atoms with E-state index < -0.39 is 17.5 Å². The van der Waals surface area contributed by atoms with Crippen molar-refractivity contribution < 1.29 is 19.8 Å². The van der Waals surface area contributed by atoms with E-state index in [0.29, 0.717) is 0 Å². The average Bonchev–Trinajstić information content (AvgIpc) is 2.23.